The maximum atomic E-state index is 11.1. The lowest BCUT2D eigenvalue weighted by atomic mass is 10.1. The Morgan fingerprint density at radius 2 is 2.06 bits per heavy atom. The Labute approximate surface area is 191 Å². The molecular formula is C23H25ClN4O4. The molecule has 0 aliphatic heterocycles. The molecule has 1 aliphatic rings. The number of ether oxygens (including phenoxy) is 1. The van der Waals surface area contributed by atoms with Gasteiger partial charge in [0.05, 0.1) is 17.6 Å². The van der Waals surface area contributed by atoms with Gasteiger partial charge in [-0.05, 0) is 69.4 Å². The summed E-state index contributed by atoms with van der Waals surface area (Å²) in [5.74, 6) is 0.639. The van der Waals surface area contributed by atoms with Crippen LogP contribution in [0.25, 0.3) is 22.8 Å². The van der Waals surface area contributed by atoms with Crippen molar-refractivity contribution in [3.8, 4) is 28.7 Å². The molecule has 2 aromatic heterocycles. The third-order valence-electron chi connectivity index (χ3n) is 5.46. The Morgan fingerprint density at radius 1 is 1.28 bits per heavy atom. The summed E-state index contributed by atoms with van der Waals surface area (Å²) in [7, 11) is 0. The number of benzene rings is 1. The first-order chi connectivity index (χ1) is 15.4. The second kappa shape index (κ2) is 9.56. The topological polar surface area (TPSA) is 110 Å². The zero-order valence-corrected chi connectivity index (χ0v) is 18.7. The molecule has 8 nitrogen and oxygen atoms in total. The fraction of sp³-hybridized carbons (Fsp3) is 0.391. The number of anilines is 1. The fourth-order valence-corrected chi connectivity index (χ4v) is 4.01. The predicted octanol–water partition coefficient (Wildman–Crippen LogP) is 5.15. The van der Waals surface area contributed by atoms with E-state index in [9.17, 15) is 4.79 Å². The number of carboxylic acid groups (broad SMARTS) is 1. The molecule has 1 aromatic carbocycles. The molecule has 3 aromatic rings. The molecule has 1 fully saturated rings. The molecule has 168 valence electrons. The van der Waals surface area contributed by atoms with Crippen molar-refractivity contribution in [2.45, 2.75) is 39.2 Å². The number of nitrogens with one attached hydrogen (secondary N) is 1. The quantitative estimate of drug-likeness (QED) is 0.478. The zero-order chi connectivity index (χ0) is 22.7. The molecule has 0 amide bonds. The van der Waals surface area contributed by atoms with Gasteiger partial charge in [-0.1, -0.05) is 16.8 Å². The van der Waals surface area contributed by atoms with Crippen molar-refractivity contribution in [1.29, 1.82) is 0 Å². The van der Waals surface area contributed by atoms with Crippen molar-refractivity contribution >= 4 is 23.3 Å². The van der Waals surface area contributed by atoms with Crippen molar-refractivity contribution in [2.75, 3.05) is 11.9 Å². The smallest absolute Gasteiger partial charge is 0.306 e. The van der Waals surface area contributed by atoms with E-state index < -0.39 is 5.97 Å². The molecule has 0 bridgehead atoms. The minimum Gasteiger partial charge on any atom is -0.481 e. The lowest BCUT2D eigenvalue weighted by Crippen LogP contribution is -2.14. The summed E-state index contributed by atoms with van der Waals surface area (Å²) in [4.78, 5) is 19.8. The zero-order valence-electron chi connectivity index (χ0n) is 17.9. The minimum absolute atomic E-state index is 0.0295. The van der Waals surface area contributed by atoms with Gasteiger partial charge in [-0.2, -0.15) is 4.98 Å². The summed E-state index contributed by atoms with van der Waals surface area (Å²) in [5.41, 5.74) is 2.39. The Morgan fingerprint density at radius 3 is 2.72 bits per heavy atom. The molecule has 32 heavy (non-hydrogen) atoms. The van der Waals surface area contributed by atoms with Crippen LogP contribution in [0.3, 0.4) is 0 Å². The molecule has 1 unspecified atom stereocenters. The number of carboxylic acids is 1. The first kappa shape index (κ1) is 22.1. The standard InChI is InChI=1S/C23H25ClN4O4/c1-13(2)31-22-19(24)10-17(12-26-22)21-27-20(28-32-21)15-5-7-18(8-6-15)25-11-14-3-4-16(9-14)23(29)30/h5-8,10,12-14,16,25H,3-4,9,11H2,1-2H3,(H,29,30)/t14?,16-/m1/s1. The van der Waals surface area contributed by atoms with E-state index in [2.05, 4.69) is 20.4 Å². The van der Waals surface area contributed by atoms with E-state index in [-0.39, 0.29) is 12.0 Å². The Kier molecular flexibility index (Phi) is 6.60. The van der Waals surface area contributed by atoms with E-state index >= 15 is 0 Å². The van der Waals surface area contributed by atoms with Crippen molar-refractivity contribution < 1.29 is 19.2 Å². The van der Waals surface area contributed by atoms with Crippen molar-refractivity contribution in [3.05, 3.63) is 41.6 Å². The van der Waals surface area contributed by atoms with Gasteiger partial charge < -0.3 is 19.7 Å². The molecule has 2 N–H and O–H groups in total. The van der Waals surface area contributed by atoms with E-state index in [0.29, 0.717) is 34.1 Å². The summed E-state index contributed by atoms with van der Waals surface area (Å²) < 4.78 is 10.9. The van der Waals surface area contributed by atoms with Crippen LogP contribution in [-0.2, 0) is 4.79 Å². The minimum atomic E-state index is -0.686. The Bertz CT molecular complexity index is 1080. The fourth-order valence-electron chi connectivity index (χ4n) is 3.79. The van der Waals surface area contributed by atoms with Gasteiger partial charge in [0.25, 0.3) is 5.89 Å². The monoisotopic (exact) mass is 456 g/mol. The van der Waals surface area contributed by atoms with Crippen LogP contribution in [-0.4, -0.2) is 38.8 Å². The Balaban J connectivity index is 1.38. The van der Waals surface area contributed by atoms with Crippen LogP contribution >= 0.6 is 11.6 Å². The van der Waals surface area contributed by atoms with Gasteiger partial charge in [-0.15, -0.1) is 0 Å². The number of aliphatic carboxylic acids is 1. The molecule has 2 atom stereocenters. The maximum Gasteiger partial charge on any atom is 0.306 e. The predicted molar refractivity (Wildman–Crippen MR) is 121 cm³/mol. The SMILES string of the molecule is CC(C)Oc1ncc(-c2nc(-c3ccc(NCC4CC[C@@H](C(=O)O)C4)cc3)no2)cc1Cl. The largest absolute Gasteiger partial charge is 0.481 e. The number of carbonyl (C=O) groups is 1. The summed E-state index contributed by atoms with van der Waals surface area (Å²) in [6.07, 6.45) is 3.99. The average molecular weight is 457 g/mol. The highest BCUT2D eigenvalue weighted by atomic mass is 35.5. The second-order valence-electron chi connectivity index (χ2n) is 8.27. The third kappa shape index (κ3) is 5.19. The van der Waals surface area contributed by atoms with Gasteiger partial charge in [0.2, 0.25) is 11.7 Å². The number of rotatable bonds is 8. The number of aromatic nitrogens is 3. The maximum absolute atomic E-state index is 11.1. The van der Waals surface area contributed by atoms with E-state index in [1.54, 1.807) is 12.3 Å². The van der Waals surface area contributed by atoms with Crippen LogP contribution in [0.2, 0.25) is 5.02 Å². The van der Waals surface area contributed by atoms with E-state index in [4.69, 9.17) is 26.0 Å². The van der Waals surface area contributed by atoms with Gasteiger partial charge in [0.1, 0.15) is 5.02 Å². The van der Waals surface area contributed by atoms with Gasteiger partial charge >= 0.3 is 5.97 Å². The average Bonchev–Trinajstić information content (AvgIpc) is 3.44. The highest BCUT2D eigenvalue weighted by Crippen LogP contribution is 2.32. The van der Waals surface area contributed by atoms with Gasteiger partial charge in [-0.25, -0.2) is 4.98 Å². The summed E-state index contributed by atoms with van der Waals surface area (Å²) in [6.45, 7) is 4.57. The van der Waals surface area contributed by atoms with Crippen molar-refractivity contribution in [1.82, 2.24) is 15.1 Å². The van der Waals surface area contributed by atoms with Crippen LogP contribution < -0.4 is 10.1 Å². The first-order valence-electron chi connectivity index (χ1n) is 10.6. The molecular weight excluding hydrogens is 432 g/mol. The van der Waals surface area contributed by atoms with Crippen LogP contribution in [0.15, 0.2) is 41.1 Å². The number of halogens is 1. The highest BCUT2D eigenvalue weighted by Gasteiger charge is 2.29. The number of hydrogen-bond acceptors (Lipinski definition) is 7. The van der Waals surface area contributed by atoms with Crippen LogP contribution in [0.4, 0.5) is 5.69 Å². The molecule has 1 saturated carbocycles. The highest BCUT2D eigenvalue weighted by molar-refractivity contribution is 6.32. The van der Waals surface area contributed by atoms with Gasteiger partial charge in [0, 0.05) is 24.0 Å². The molecule has 9 heteroatoms. The van der Waals surface area contributed by atoms with Crippen molar-refractivity contribution in [2.24, 2.45) is 11.8 Å². The van der Waals surface area contributed by atoms with Gasteiger partial charge in [-0.3, -0.25) is 4.79 Å². The molecule has 0 radical (unpaired) electrons. The third-order valence-corrected chi connectivity index (χ3v) is 5.73. The number of pyridine rings is 1. The Hall–Kier alpha value is -3.13. The van der Waals surface area contributed by atoms with Crippen LogP contribution in [0.1, 0.15) is 33.1 Å². The normalized spacial score (nSPS) is 18.1. The van der Waals surface area contributed by atoms with Crippen LogP contribution in [0, 0.1) is 11.8 Å². The van der Waals surface area contributed by atoms with Crippen molar-refractivity contribution in [3.63, 3.8) is 0 Å². The number of hydrogen-bond donors (Lipinski definition) is 2. The summed E-state index contributed by atoms with van der Waals surface area (Å²) in [5, 5.41) is 17.0. The van der Waals surface area contributed by atoms with E-state index in [1.165, 1.54) is 0 Å². The molecule has 1 aliphatic carbocycles. The van der Waals surface area contributed by atoms with E-state index in [0.717, 1.165) is 37.1 Å². The lowest BCUT2D eigenvalue weighted by Gasteiger charge is -2.12. The summed E-state index contributed by atoms with van der Waals surface area (Å²) >= 11 is 6.25. The second-order valence-corrected chi connectivity index (χ2v) is 8.68. The van der Waals surface area contributed by atoms with E-state index in [1.807, 2.05) is 38.1 Å². The molecule has 0 saturated heterocycles. The molecule has 0 spiro atoms. The number of nitrogens with zero attached hydrogens (tertiary/aromatic N) is 3. The van der Waals surface area contributed by atoms with Gasteiger partial charge in [0.15, 0.2) is 0 Å². The van der Waals surface area contributed by atoms with Crippen LogP contribution in [0.5, 0.6) is 5.88 Å². The summed E-state index contributed by atoms with van der Waals surface area (Å²) in [6, 6.07) is 9.42. The lowest BCUT2D eigenvalue weighted by molar-refractivity contribution is -0.141. The first-order valence-corrected chi connectivity index (χ1v) is 11.0. The molecule has 4 rings (SSSR count). The molecule has 2 heterocycles.